The lowest BCUT2D eigenvalue weighted by molar-refractivity contribution is 0.592. The van der Waals surface area contributed by atoms with Gasteiger partial charge in [0.25, 0.3) is 0 Å². The van der Waals surface area contributed by atoms with Gasteiger partial charge in [0.15, 0.2) is 0 Å². The molecule has 0 saturated heterocycles. The van der Waals surface area contributed by atoms with Crippen molar-refractivity contribution in [2.75, 3.05) is 6.26 Å². The zero-order valence-electron chi connectivity index (χ0n) is 9.92. The summed E-state index contributed by atoms with van der Waals surface area (Å²) in [6.45, 7) is 1.80. The monoisotopic (exact) mass is 249 g/mol. The first-order valence-corrected chi connectivity index (χ1v) is 7.24. The molecule has 0 radical (unpaired) electrons. The number of aromatic nitrogens is 1. The van der Waals surface area contributed by atoms with E-state index in [0.29, 0.717) is 0 Å². The van der Waals surface area contributed by atoms with Gasteiger partial charge in [0, 0.05) is 11.9 Å². The van der Waals surface area contributed by atoms with Crippen LogP contribution in [0.15, 0.2) is 42.6 Å². The molecule has 17 heavy (non-hydrogen) atoms. The SMILES string of the molecule is Cc1cc(Cc2ccccc2)cn1S(C)(=O)=O. The lowest BCUT2D eigenvalue weighted by Gasteiger charge is -2.01. The third-order valence-electron chi connectivity index (χ3n) is 2.63. The largest absolute Gasteiger partial charge is 0.250 e. The van der Waals surface area contributed by atoms with Crippen molar-refractivity contribution < 1.29 is 8.42 Å². The maximum Gasteiger partial charge on any atom is 0.235 e. The summed E-state index contributed by atoms with van der Waals surface area (Å²) in [4.78, 5) is 0. The van der Waals surface area contributed by atoms with Crippen LogP contribution in [0.5, 0.6) is 0 Å². The maximum atomic E-state index is 11.5. The van der Waals surface area contributed by atoms with Gasteiger partial charge in [0.2, 0.25) is 10.0 Å². The second-order valence-electron chi connectivity index (χ2n) is 4.21. The van der Waals surface area contributed by atoms with E-state index in [4.69, 9.17) is 0 Å². The summed E-state index contributed by atoms with van der Waals surface area (Å²) < 4.78 is 24.3. The molecule has 0 aliphatic carbocycles. The third-order valence-corrected chi connectivity index (χ3v) is 3.74. The van der Waals surface area contributed by atoms with Crippen LogP contribution in [0.3, 0.4) is 0 Å². The third kappa shape index (κ3) is 2.77. The van der Waals surface area contributed by atoms with E-state index >= 15 is 0 Å². The van der Waals surface area contributed by atoms with Crippen molar-refractivity contribution in [1.82, 2.24) is 3.97 Å². The first kappa shape index (κ1) is 11.9. The summed E-state index contributed by atoms with van der Waals surface area (Å²) in [5, 5.41) is 0. The average molecular weight is 249 g/mol. The molecule has 1 aromatic heterocycles. The Morgan fingerprint density at radius 3 is 2.29 bits per heavy atom. The Morgan fingerprint density at radius 2 is 1.76 bits per heavy atom. The molecule has 0 saturated carbocycles. The molecule has 0 unspecified atom stereocenters. The van der Waals surface area contributed by atoms with E-state index in [2.05, 4.69) is 0 Å². The summed E-state index contributed by atoms with van der Waals surface area (Å²) in [6.07, 6.45) is 3.66. The van der Waals surface area contributed by atoms with Crippen LogP contribution in [0.25, 0.3) is 0 Å². The van der Waals surface area contributed by atoms with Crippen LogP contribution in [0, 0.1) is 6.92 Å². The van der Waals surface area contributed by atoms with Crippen LogP contribution >= 0.6 is 0 Å². The minimum Gasteiger partial charge on any atom is -0.250 e. The lowest BCUT2D eigenvalue weighted by atomic mass is 10.1. The molecule has 90 valence electrons. The Hall–Kier alpha value is -1.55. The Morgan fingerprint density at radius 1 is 1.12 bits per heavy atom. The predicted octanol–water partition coefficient (Wildman–Crippen LogP) is 2.20. The van der Waals surface area contributed by atoms with Crippen LogP contribution < -0.4 is 0 Å². The fraction of sp³-hybridized carbons (Fsp3) is 0.231. The number of hydrogen-bond acceptors (Lipinski definition) is 2. The highest BCUT2D eigenvalue weighted by atomic mass is 32.2. The second-order valence-corrected chi connectivity index (χ2v) is 6.07. The van der Waals surface area contributed by atoms with Crippen molar-refractivity contribution in [3.63, 3.8) is 0 Å². The molecule has 0 N–H and O–H groups in total. The fourth-order valence-electron chi connectivity index (χ4n) is 1.91. The van der Waals surface area contributed by atoms with E-state index < -0.39 is 10.0 Å². The summed E-state index contributed by atoms with van der Waals surface area (Å²) in [5.41, 5.74) is 2.94. The highest BCUT2D eigenvalue weighted by Crippen LogP contribution is 2.14. The van der Waals surface area contributed by atoms with Gasteiger partial charge in [0.1, 0.15) is 0 Å². The molecular formula is C13H15NO2S. The van der Waals surface area contributed by atoms with Gasteiger partial charge in [-0.2, -0.15) is 0 Å². The highest BCUT2D eigenvalue weighted by molar-refractivity contribution is 7.89. The topological polar surface area (TPSA) is 39.1 Å². The van der Waals surface area contributed by atoms with Crippen LogP contribution in [0.1, 0.15) is 16.8 Å². The quantitative estimate of drug-likeness (QED) is 0.836. The zero-order valence-corrected chi connectivity index (χ0v) is 10.7. The van der Waals surface area contributed by atoms with Gasteiger partial charge in [-0.15, -0.1) is 0 Å². The predicted molar refractivity (Wildman–Crippen MR) is 68.7 cm³/mol. The normalized spacial score (nSPS) is 11.6. The van der Waals surface area contributed by atoms with Gasteiger partial charge < -0.3 is 0 Å². The second kappa shape index (κ2) is 4.37. The van der Waals surface area contributed by atoms with E-state index in [-0.39, 0.29) is 0 Å². The van der Waals surface area contributed by atoms with Gasteiger partial charge >= 0.3 is 0 Å². The number of nitrogens with zero attached hydrogens (tertiary/aromatic N) is 1. The van der Waals surface area contributed by atoms with E-state index in [1.807, 2.05) is 36.4 Å². The van der Waals surface area contributed by atoms with Crippen molar-refractivity contribution in [2.24, 2.45) is 0 Å². The summed E-state index contributed by atoms with van der Waals surface area (Å²) >= 11 is 0. The Bertz CT molecular complexity index is 612. The molecule has 0 amide bonds. The van der Waals surface area contributed by atoms with Crippen LogP contribution in [0.2, 0.25) is 0 Å². The van der Waals surface area contributed by atoms with Crippen molar-refractivity contribution in [3.8, 4) is 0 Å². The molecular weight excluding hydrogens is 234 g/mol. The highest BCUT2D eigenvalue weighted by Gasteiger charge is 2.10. The van der Waals surface area contributed by atoms with Gasteiger partial charge in [-0.25, -0.2) is 8.42 Å². The molecule has 0 aliphatic heterocycles. The zero-order chi connectivity index (χ0) is 12.5. The summed E-state index contributed by atoms with van der Waals surface area (Å²) in [7, 11) is -3.19. The molecule has 0 atom stereocenters. The molecule has 0 spiro atoms. The number of aryl methyl sites for hydroxylation is 1. The van der Waals surface area contributed by atoms with Crippen LogP contribution in [0.4, 0.5) is 0 Å². The van der Waals surface area contributed by atoms with E-state index in [1.165, 1.54) is 15.8 Å². The molecule has 3 nitrogen and oxygen atoms in total. The number of benzene rings is 1. The van der Waals surface area contributed by atoms with E-state index in [1.54, 1.807) is 13.1 Å². The molecule has 2 rings (SSSR count). The van der Waals surface area contributed by atoms with Gasteiger partial charge in [0.05, 0.1) is 6.26 Å². The van der Waals surface area contributed by atoms with Crippen molar-refractivity contribution in [3.05, 3.63) is 59.4 Å². The molecule has 4 heteroatoms. The van der Waals surface area contributed by atoms with Crippen molar-refractivity contribution in [1.29, 1.82) is 0 Å². The lowest BCUT2D eigenvalue weighted by Crippen LogP contribution is -2.09. The minimum absolute atomic E-state index is 0.749. The smallest absolute Gasteiger partial charge is 0.235 e. The first-order valence-electron chi connectivity index (χ1n) is 5.39. The molecule has 0 aliphatic rings. The number of rotatable bonds is 3. The van der Waals surface area contributed by atoms with Gasteiger partial charge in [-0.1, -0.05) is 30.3 Å². The van der Waals surface area contributed by atoms with Crippen molar-refractivity contribution >= 4 is 10.0 Å². The fourth-order valence-corrected chi connectivity index (χ4v) is 2.81. The number of hydrogen-bond donors (Lipinski definition) is 0. The molecule has 0 fully saturated rings. The van der Waals surface area contributed by atoms with Crippen molar-refractivity contribution in [2.45, 2.75) is 13.3 Å². The molecule has 0 bridgehead atoms. The molecule has 1 aromatic carbocycles. The average Bonchev–Trinajstić information content (AvgIpc) is 2.60. The van der Waals surface area contributed by atoms with E-state index in [0.717, 1.165) is 17.7 Å². The maximum absolute atomic E-state index is 11.5. The summed E-state index contributed by atoms with van der Waals surface area (Å²) in [6, 6.07) is 11.9. The molecule has 2 aromatic rings. The molecule has 1 heterocycles. The standard InChI is InChI=1S/C13H15NO2S/c1-11-8-13(10-14(11)17(2,15)16)9-12-6-4-3-5-7-12/h3-8,10H,9H2,1-2H3. The van der Waals surface area contributed by atoms with Gasteiger partial charge in [-0.05, 0) is 30.5 Å². The van der Waals surface area contributed by atoms with Gasteiger partial charge in [-0.3, -0.25) is 3.97 Å². The Labute approximate surface area is 102 Å². The first-order chi connectivity index (χ1) is 7.97. The Kier molecular flexibility index (Phi) is 3.07. The Balaban J connectivity index is 2.31. The van der Waals surface area contributed by atoms with Crippen LogP contribution in [-0.4, -0.2) is 18.6 Å². The summed E-state index contributed by atoms with van der Waals surface area (Å²) in [5.74, 6) is 0. The van der Waals surface area contributed by atoms with E-state index in [9.17, 15) is 8.42 Å². The minimum atomic E-state index is -3.19. The van der Waals surface area contributed by atoms with Crippen LogP contribution in [-0.2, 0) is 16.4 Å².